The second kappa shape index (κ2) is 12.3. The van der Waals surface area contributed by atoms with Crippen LogP contribution in [0, 0.1) is 5.82 Å². The Morgan fingerprint density at radius 3 is 2.39 bits per heavy atom. The van der Waals surface area contributed by atoms with E-state index in [0.29, 0.717) is 39.2 Å². The third-order valence-corrected chi connectivity index (χ3v) is 7.86. The van der Waals surface area contributed by atoms with Gasteiger partial charge in [-0.3, -0.25) is 24.1 Å². The van der Waals surface area contributed by atoms with E-state index >= 15 is 4.39 Å². The number of thioether (sulfide) groups is 1. The molecule has 0 saturated heterocycles. The molecule has 11 nitrogen and oxygen atoms in total. The van der Waals surface area contributed by atoms with Crippen LogP contribution in [0.4, 0.5) is 15.9 Å². The van der Waals surface area contributed by atoms with E-state index in [1.54, 1.807) is 54.7 Å². The van der Waals surface area contributed by atoms with Crippen LogP contribution in [0.15, 0.2) is 84.1 Å². The number of pyridine rings is 1. The van der Waals surface area contributed by atoms with Crippen molar-refractivity contribution in [1.82, 2.24) is 19.9 Å². The number of rotatable bonds is 8. The number of H-pyrrole nitrogens is 1. The largest absolute Gasteiger partial charge is 0.508 e. The van der Waals surface area contributed by atoms with Crippen LogP contribution in [0.2, 0.25) is 0 Å². The minimum absolute atomic E-state index is 0.187. The van der Waals surface area contributed by atoms with Crippen molar-refractivity contribution in [2.75, 3.05) is 16.9 Å². The van der Waals surface area contributed by atoms with Crippen LogP contribution in [0.3, 0.4) is 0 Å². The number of fused-ring (bicyclic) bond motifs is 1. The second-order valence-electron chi connectivity index (χ2n) is 10.3. The maximum absolute atomic E-state index is 15.2. The fourth-order valence-electron chi connectivity index (χ4n) is 5.19. The summed E-state index contributed by atoms with van der Waals surface area (Å²) in [4.78, 5) is 64.1. The minimum Gasteiger partial charge on any atom is -0.508 e. The Bertz CT molecular complexity index is 2030. The van der Waals surface area contributed by atoms with Gasteiger partial charge in [0, 0.05) is 35.5 Å². The zero-order valence-corrected chi connectivity index (χ0v) is 25.2. The number of aromatic hydroxyl groups is 1. The highest BCUT2D eigenvalue weighted by molar-refractivity contribution is 7.98. The highest BCUT2D eigenvalue weighted by Crippen LogP contribution is 2.35. The number of carbonyl (C=O) groups is 4. The van der Waals surface area contributed by atoms with Crippen LogP contribution < -0.4 is 10.6 Å². The summed E-state index contributed by atoms with van der Waals surface area (Å²) in [5.74, 6) is -3.40. The first-order valence-electron chi connectivity index (χ1n) is 13.9. The molecule has 3 aromatic carbocycles. The number of benzene rings is 3. The summed E-state index contributed by atoms with van der Waals surface area (Å²) in [7, 11) is 0. The van der Waals surface area contributed by atoms with Crippen molar-refractivity contribution >= 4 is 46.9 Å². The molecule has 2 aromatic heterocycles. The SMILES string of the molecule is CSc1nc(-c2cccc(NC(=O)c3c(F)ccc(O)c3CN3C(=O)c4ccccc4C3=O)c2)c(-c2ccnc(NC(C)=O)c2)[nH]1. The standard InChI is InChI=1S/C33H25FN6O5S/c1-17(41)36-26-15-19(12-13-35-26)29-28(38-33(39-29)46-2)18-6-5-7-20(14-18)37-30(43)27-23(25(42)11-10-24(27)34)16-40-31(44)21-8-3-4-9-22(21)32(40)45/h3-15,42H,16H2,1-2H3,(H,37,43)(H,38,39)(H,35,36,41). The van der Waals surface area contributed by atoms with E-state index in [2.05, 4.69) is 20.6 Å². The lowest BCUT2D eigenvalue weighted by Gasteiger charge is -2.18. The number of halogens is 1. The van der Waals surface area contributed by atoms with E-state index in [1.807, 2.05) is 6.26 Å². The summed E-state index contributed by atoms with van der Waals surface area (Å²) in [6, 6.07) is 18.5. The van der Waals surface area contributed by atoms with E-state index in [-0.39, 0.29) is 22.6 Å². The molecule has 0 saturated carbocycles. The lowest BCUT2D eigenvalue weighted by atomic mass is 10.0. The van der Waals surface area contributed by atoms with Crippen molar-refractivity contribution in [2.45, 2.75) is 18.6 Å². The topological polar surface area (TPSA) is 157 Å². The van der Waals surface area contributed by atoms with Crippen molar-refractivity contribution in [3.8, 4) is 28.3 Å². The molecule has 4 N–H and O–H groups in total. The number of phenolic OH excluding ortho intramolecular Hbond substituents is 1. The zero-order chi connectivity index (χ0) is 32.5. The molecule has 0 fully saturated rings. The molecule has 5 aromatic rings. The number of nitrogens with zero attached hydrogens (tertiary/aromatic N) is 3. The van der Waals surface area contributed by atoms with Gasteiger partial charge in [0.25, 0.3) is 17.7 Å². The number of hydrogen-bond acceptors (Lipinski definition) is 8. The van der Waals surface area contributed by atoms with Gasteiger partial charge >= 0.3 is 0 Å². The van der Waals surface area contributed by atoms with Gasteiger partial charge in [-0.1, -0.05) is 36.0 Å². The monoisotopic (exact) mass is 636 g/mol. The molecule has 6 rings (SSSR count). The molecule has 0 atom stereocenters. The van der Waals surface area contributed by atoms with Crippen molar-refractivity contribution in [3.05, 3.63) is 107 Å². The molecule has 1 aliphatic heterocycles. The minimum atomic E-state index is -0.940. The van der Waals surface area contributed by atoms with E-state index in [9.17, 15) is 24.3 Å². The smallest absolute Gasteiger partial charge is 0.261 e. The van der Waals surface area contributed by atoms with Gasteiger partial charge in [-0.15, -0.1) is 0 Å². The van der Waals surface area contributed by atoms with Crippen molar-refractivity contribution in [3.63, 3.8) is 0 Å². The molecule has 1 aliphatic rings. The van der Waals surface area contributed by atoms with Gasteiger partial charge in [0.05, 0.1) is 34.6 Å². The van der Waals surface area contributed by atoms with Crippen LogP contribution in [-0.4, -0.2) is 54.8 Å². The highest BCUT2D eigenvalue weighted by atomic mass is 32.2. The van der Waals surface area contributed by atoms with Crippen molar-refractivity contribution < 1.29 is 28.7 Å². The summed E-state index contributed by atoms with van der Waals surface area (Å²) in [6.07, 6.45) is 3.42. The zero-order valence-electron chi connectivity index (χ0n) is 24.4. The van der Waals surface area contributed by atoms with Crippen LogP contribution >= 0.6 is 11.8 Å². The third kappa shape index (κ3) is 5.71. The molecule has 4 amide bonds. The van der Waals surface area contributed by atoms with Gasteiger partial charge in [-0.2, -0.15) is 0 Å². The van der Waals surface area contributed by atoms with Gasteiger partial charge in [0.2, 0.25) is 5.91 Å². The number of imidazole rings is 1. The molecule has 46 heavy (non-hydrogen) atoms. The maximum Gasteiger partial charge on any atom is 0.261 e. The average molecular weight is 637 g/mol. The number of imide groups is 1. The molecule has 0 spiro atoms. The number of hydrogen-bond donors (Lipinski definition) is 4. The number of anilines is 2. The van der Waals surface area contributed by atoms with E-state index in [0.717, 1.165) is 17.0 Å². The molecule has 0 unspecified atom stereocenters. The number of phenols is 1. The third-order valence-electron chi connectivity index (χ3n) is 7.28. The number of aromatic amines is 1. The Hall–Kier alpha value is -5.82. The van der Waals surface area contributed by atoms with E-state index in [1.165, 1.54) is 30.8 Å². The Balaban J connectivity index is 1.31. The average Bonchev–Trinajstić information content (AvgIpc) is 3.58. The molecule has 0 aliphatic carbocycles. The molecule has 13 heteroatoms. The Morgan fingerprint density at radius 1 is 0.957 bits per heavy atom. The molecule has 3 heterocycles. The summed E-state index contributed by atoms with van der Waals surface area (Å²) < 4.78 is 15.2. The van der Waals surface area contributed by atoms with Gasteiger partial charge in [-0.05, 0) is 54.8 Å². The van der Waals surface area contributed by atoms with Crippen LogP contribution in [-0.2, 0) is 11.3 Å². The highest BCUT2D eigenvalue weighted by Gasteiger charge is 2.36. The van der Waals surface area contributed by atoms with Crippen molar-refractivity contribution in [2.24, 2.45) is 0 Å². The quantitative estimate of drug-likeness (QED) is 0.125. The van der Waals surface area contributed by atoms with Crippen LogP contribution in [0.25, 0.3) is 22.5 Å². The van der Waals surface area contributed by atoms with Gasteiger partial charge in [-0.25, -0.2) is 14.4 Å². The van der Waals surface area contributed by atoms with E-state index in [4.69, 9.17) is 4.98 Å². The lowest BCUT2D eigenvalue weighted by molar-refractivity contribution is -0.114. The first-order chi connectivity index (χ1) is 22.1. The second-order valence-corrected chi connectivity index (χ2v) is 11.1. The molecular weight excluding hydrogens is 611 g/mol. The number of nitrogens with one attached hydrogen (secondary N) is 3. The molecule has 0 bridgehead atoms. The van der Waals surface area contributed by atoms with Gasteiger partial charge in [0.1, 0.15) is 17.4 Å². The van der Waals surface area contributed by atoms with Crippen molar-refractivity contribution in [1.29, 1.82) is 0 Å². The molecule has 0 radical (unpaired) electrons. The lowest BCUT2D eigenvalue weighted by Crippen LogP contribution is -2.30. The van der Waals surface area contributed by atoms with Gasteiger partial charge < -0.3 is 20.7 Å². The number of amides is 4. The fourth-order valence-corrected chi connectivity index (χ4v) is 5.58. The Labute approximate surface area is 265 Å². The van der Waals surface area contributed by atoms with E-state index < -0.39 is 41.4 Å². The van der Waals surface area contributed by atoms with Gasteiger partial charge in [0.15, 0.2) is 5.16 Å². The normalized spacial score (nSPS) is 12.3. The fraction of sp³-hybridized carbons (Fsp3) is 0.0909. The predicted molar refractivity (Wildman–Crippen MR) is 170 cm³/mol. The maximum atomic E-state index is 15.2. The first kappa shape index (κ1) is 30.2. The Kier molecular flexibility index (Phi) is 8.07. The summed E-state index contributed by atoms with van der Waals surface area (Å²) in [6.45, 7) is 0.872. The number of aromatic nitrogens is 3. The summed E-state index contributed by atoms with van der Waals surface area (Å²) >= 11 is 1.39. The number of carbonyl (C=O) groups excluding carboxylic acids is 4. The predicted octanol–water partition coefficient (Wildman–Crippen LogP) is 5.71. The Morgan fingerprint density at radius 2 is 1.70 bits per heavy atom. The molecular formula is C33H25FN6O5S. The van der Waals surface area contributed by atoms with Crippen LogP contribution in [0.1, 0.15) is 43.6 Å². The summed E-state index contributed by atoms with van der Waals surface area (Å²) in [5.41, 5.74) is 2.47. The van der Waals surface area contributed by atoms with Crippen LogP contribution in [0.5, 0.6) is 5.75 Å². The summed E-state index contributed by atoms with van der Waals surface area (Å²) in [5, 5.41) is 16.6. The molecule has 230 valence electrons. The first-order valence-corrected chi connectivity index (χ1v) is 15.1.